The Hall–Kier alpha value is -0.530. The second kappa shape index (κ2) is 5.00. The number of benzene rings is 1. The van der Waals surface area contributed by atoms with E-state index in [1.54, 1.807) is 0 Å². The summed E-state index contributed by atoms with van der Waals surface area (Å²) in [7, 11) is 0. The van der Waals surface area contributed by atoms with Crippen molar-refractivity contribution in [3.63, 3.8) is 0 Å². The molecular formula is C13H18ClN. The topological polar surface area (TPSA) is 12.0 Å². The fourth-order valence-electron chi connectivity index (χ4n) is 2.27. The van der Waals surface area contributed by atoms with Crippen LogP contribution in [0.5, 0.6) is 0 Å². The van der Waals surface area contributed by atoms with Crippen LogP contribution in [-0.4, -0.2) is 13.1 Å². The highest BCUT2D eigenvalue weighted by Gasteiger charge is 2.14. The molecule has 1 unspecified atom stereocenters. The average Bonchev–Trinajstić information content (AvgIpc) is 2.25. The van der Waals surface area contributed by atoms with E-state index in [-0.39, 0.29) is 0 Å². The molecule has 1 saturated heterocycles. The molecule has 0 aromatic heterocycles. The van der Waals surface area contributed by atoms with Crippen LogP contribution in [0.4, 0.5) is 0 Å². The normalized spacial score (nSPS) is 21.6. The Balaban J connectivity index is 2.05. The van der Waals surface area contributed by atoms with E-state index in [2.05, 4.69) is 24.4 Å². The largest absolute Gasteiger partial charge is 0.316 e. The van der Waals surface area contributed by atoms with Gasteiger partial charge in [0.15, 0.2) is 0 Å². The number of nitrogens with one attached hydrogen (secondary N) is 1. The third-order valence-electron chi connectivity index (χ3n) is 3.22. The van der Waals surface area contributed by atoms with E-state index in [1.165, 1.54) is 36.9 Å². The molecular weight excluding hydrogens is 206 g/mol. The molecule has 82 valence electrons. The molecule has 2 heteroatoms. The number of rotatable bonds is 2. The molecule has 0 radical (unpaired) electrons. The highest BCUT2D eigenvalue weighted by Crippen LogP contribution is 2.21. The van der Waals surface area contributed by atoms with Gasteiger partial charge in [-0.05, 0) is 68.5 Å². The van der Waals surface area contributed by atoms with Crippen molar-refractivity contribution in [1.29, 1.82) is 0 Å². The van der Waals surface area contributed by atoms with E-state index in [4.69, 9.17) is 11.6 Å². The predicted octanol–water partition coefficient (Wildman–Crippen LogP) is 3.19. The summed E-state index contributed by atoms with van der Waals surface area (Å²) < 4.78 is 0. The van der Waals surface area contributed by atoms with Gasteiger partial charge < -0.3 is 5.32 Å². The van der Waals surface area contributed by atoms with Crippen LogP contribution in [0, 0.1) is 12.8 Å². The minimum Gasteiger partial charge on any atom is -0.316 e. The lowest BCUT2D eigenvalue weighted by Crippen LogP contribution is -2.30. The Kier molecular flexibility index (Phi) is 3.66. The van der Waals surface area contributed by atoms with Crippen molar-refractivity contribution in [3.05, 3.63) is 34.3 Å². The first-order valence-electron chi connectivity index (χ1n) is 5.71. The minimum absolute atomic E-state index is 0.788. The zero-order chi connectivity index (χ0) is 10.7. The lowest BCUT2D eigenvalue weighted by atomic mass is 9.90. The molecule has 1 aliphatic heterocycles. The Bertz CT molecular complexity index is 329. The average molecular weight is 224 g/mol. The third-order valence-corrected chi connectivity index (χ3v) is 3.45. The van der Waals surface area contributed by atoms with Gasteiger partial charge in [0.2, 0.25) is 0 Å². The maximum atomic E-state index is 6.02. The SMILES string of the molecule is Cc1ccc(Cl)cc1CC1CCCNC1. The first-order valence-corrected chi connectivity index (χ1v) is 6.09. The third kappa shape index (κ3) is 2.96. The van der Waals surface area contributed by atoms with Gasteiger partial charge in [0.1, 0.15) is 0 Å². The zero-order valence-corrected chi connectivity index (χ0v) is 9.98. The van der Waals surface area contributed by atoms with Gasteiger partial charge in [-0.1, -0.05) is 17.7 Å². The van der Waals surface area contributed by atoms with Crippen LogP contribution >= 0.6 is 11.6 Å². The molecule has 0 spiro atoms. The fourth-order valence-corrected chi connectivity index (χ4v) is 2.46. The number of hydrogen-bond acceptors (Lipinski definition) is 1. The second-order valence-corrected chi connectivity index (χ2v) is 4.92. The molecule has 0 amide bonds. The zero-order valence-electron chi connectivity index (χ0n) is 9.22. The number of halogens is 1. The van der Waals surface area contributed by atoms with Crippen LogP contribution in [0.15, 0.2) is 18.2 Å². The van der Waals surface area contributed by atoms with Crippen molar-refractivity contribution in [2.45, 2.75) is 26.2 Å². The van der Waals surface area contributed by atoms with Crippen molar-refractivity contribution < 1.29 is 0 Å². The molecule has 0 bridgehead atoms. The predicted molar refractivity (Wildman–Crippen MR) is 65.5 cm³/mol. The highest BCUT2D eigenvalue weighted by atomic mass is 35.5. The quantitative estimate of drug-likeness (QED) is 0.812. The molecule has 1 aliphatic rings. The summed E-state index contributed by atoms with van der Waals surface area (Å²) in [6.45, 7) is 4.51. The Morgan fingerprint density at radius 1 is 1.47 bits per heavy atom. The molecule has 1 aromatic rings. The van der Waals surface area contributed by atoms with Gasteiger partial charge >= 0.3 is 0 Å². The van der Waals surface area contributed by atoms with Gasteiger partial charge in [0, 0.05) is 5.02 Å². The van der Waals surface area contributed by atoms with Gasteiger partial charge in [-0.25, -0.2) is 0 Å². The number of piperidine rings is 1. The smallest absolute Gasteiger partial charge is 0.0408 e. The van der Waals surface area contributed by atoms with Crippen LogP contribution in [-0.2, 0) is 6.42 Å². The number of aryl methyl sites for hydroxylation is 1. The van der Waals surface area contributed by atoms with Crippen LogP contribution in [0.3, 0.4) is 0 Å². The molecule has 1 aromatic carbocycles. The number of hydrogen-bond donors (Lipinski definition) is 1. The van der Waals surface area contributed by atoms with E-state index in [1.807, 2.05) is 6.07 Å². The summed E-state index contributed by atoms with van der Waals surface area (Å²) in [5.74, 6) is 0.788. The van der Waals surface area contributed by atoms with Crippen LogP contribution in [0.25, 0.3) is 0 Å². The summed E-state index contributed by atoms with van der Waals surface area (Å²) in [6.07, 6.45) is 3.82. The molecule has 1 heterocycles. The molecule has 1 N–H and O–H groups in total. The van der Waals surface area contributed by atoms with E-state index in [0.717, 1.165) is 17.5 Å². The molecule has 0 aliphatic carbocycles. The van der Waals surface area contributed by atoms with Gasteiger partial charge in [-0.3, -0.25) is 0 Å². The van der Waals surface area contributed by atoms with Crippen molar-refractivity contribution >= 4 is 11.6 Å². The van der Waals surface area contributed by atoms with Gasteiger partial charge in [0.05, 0.1) is 0 Å². The molecule has 2 rings (SSSR count). The van der Waals surface area contributed by atoms with E-state index in [0.29, 0.717) is 0 Å². The Labute approximate surface area is 96.8 Å². The van der Waals surface area contributed by atoms with E-state index < -0.39 is 0 Å². The Morgan fingerprint density at radius 2 is 2.33 bits per heavy atom. The van der Waals surface area contributed by atoms with Crippen LogP contribution < -0.4 is 5.32 Å². The van der Waals surface area contributed by atoms with Crippen LogP contribution in [0.2, 0.25) is 5.02 Å². The molecule has 15 heavy (non-hydrogen) atoms. The summed E-state index contributed by atoms with van der Waals surface area (Å²) in [5, 5.41) is 4.32. The highest BCUT2D eigenvalue weighted by molar-refractivity contribution is 6.30. The monoisotopic (exact) mass is 223 g/mol. The summed E-state index contributed by atoms with van der Waals surface area (Å²) in [4.78, 5) is 0. The van der Waals surface area contributed by atoms with Crippen molar-refractivity contribution in [2.24, 2.45) is 5.92 Å². The van der Waals surface area contributed by atoms with Gasteiger partial charge in [-0.2, -0.15) is 0 Å². The summed E-state index contributed by atoms with van der Waals surface area (Å²) >= 11 is 6.02. The first kappa shape index (κ1) is 11.0. The van der Waals surface area contributed by atoms with Crippen molar-refractivity contribution in [3.8, 4) is 0 Å². The van der Waals surface area contributed by atoms with E-state index in [9.17, 15) is 0 Å². The lowest BCUT2D eigenvalue weighted by molar-refractivity contribution is 0.375. The molecule has 1 nitrogen and oxygen atoms in total. The maximum absolute atomic E-state index is 6.02. The van der Waals surface area contributed by atoms with E-state index >= 15 is 0 Å². The summed E-state index contributed by atoms with van der Waals surface area (Å²) in [5.41, 5.74) is 2.78. The van der Waals surface area contributed by atoms with Crippen molar-refractivity contribution in [1.82, 2.24) is 5.32 Å². The van der Waals surface area contributed by atoms with Crippen LogP contribution in [0.1, 0.15) is 24.0 Å². The first-order chi connectivity index (χ1) is 7.25. The van der Waals surface area contributed by atoms with Crippen molar-refractivity contribution in [2.75, 3.05) is 13.1 Å². The molecule has 1 atom stereocenters. The molecule has 1 fully saturated rings. The minimum atomic E-state index is 0.788. The van der Waals surface area contributed by atoms with Gasteiger partial charge in [0.25, 0.3) is 0 Å². The fraction of sp³-hybridized carbons (Fsp3) is 0.538. The lowest BCUT2D eigenvalue weighted by Gasteiger charge is -2.23. The van der Waals surface area contributed by atoms with Gasteiger partial charge in [-0.15, -0.1) is 0 Å². The maximum Gasteiger partial charge on any atom is 0.0408 e. The second-order valence-electron chi connectivity index (χ2n) is 4.49. The Morgan fingerprint density at radius 3 is 3.07 bits per heavy atom. The summed E-state index contributed by atoms with van der Waals surface area (Å²) in [6, 6.07) is 6.21. The standard InChI is InChI=1S/C13H18ClN/c1-10-4-5-13(14)8-12(10)7-11-3-2-6-15-9-11/h4-5,8,11,15H,2-3,6-7,9H2,1H3. The molecule has 0 saturated carbocycles.